The number of piperidine rings is 1. The van der Waals surface area contributed by atoms with Gasteiger partial charge in [-0.25, -0.2) is 0 Å². The Hall–Kier alpha value is -0.740. The maximum absolute atomic E-state index is 5.65. The van der Waals surface area contributed by atoms with E-state index < -0.39 is 0 Å². The Labute approximate surface area is 116 Å². The molecule has 2 aliphatic heterocycles. The van der Waals surface area contributed by atoms with E-state index in [0.717, 1.165) is 41.4 Å². The van der Waals surface area contributed by atoms with E-state index in [2.05, 4.69) is 28.2 Å². The topological polar surface area (TPSA) is 30.5 Å². The van der Waals surface area contributed by atoms with Crippen molar-refractivity contribution in [1.29, 1.82) is 0 Å². The Morgan fingerprint density at radius 3 is 2.89 bits per heavy atom. The molecule has 1 N–H and O–H groups in total. The lowest BCUT2D eigenvalue weighted by molar-refractivity contribution is 0.173. The number of nitrogens with one attached hydrogen (secondary N) is 1. The fourth-order valence-electron chi connectivity index (χ4n) is 2.79. The van der Waals surface area contributed by atoms with E-state index in [1.54, 1.807) is 0 Å². The predicted octanol–water partition coefficient (Wildman–Crippen LogP) is 3.03. The molecule has 4 heteroatoms. The summed E-state index contributed by atoms with van der Waals surface area (Å²) >= 11 is 3.62. The van der Waals surface area contributed by atoms with Crippen LogP contribution in [0.1, 0.15) is 24.0 Å². The monoisotopic (exact) mass is 311 g/mol. The summed E-state index contributed by atoms with van der Waals surface area (Å²) in [7, 11) is 0. The summed E-state index contributed by atoms with van der Waals surface area (Å²) in [5.41, 5.74) is 2.61. The van der Waals surface area contributed by atoms with Crippen LogP contribution in [0, 0.1) is 12.8 Å². The maximum atomic E-state index is 5.65. The summed E-state index contributed by atoms with van der Waals surface area (Å²) in [4.78, 5) is 0. The highest BCUT2D eigenvalue weighted by atomic mass is 79.9. The molecule has 18 heavy (non-hydrogen) atoms. The molecule has 0 aliphatic carbocycles. The van der Waals surface area contributed by atoms with Crippen LogP contribution in [0.4, 0.5) is 0 Å². The lowest BCUT2D eigenvalue weighted by atomic mass is 9.88. The highest BCUT2D eigenvalue weighted by Gasteiger charge is 2.24. The van der Waals surface area contributed by atoms with Crippen LogP contribution < -0.4 is 14.8 Å². The molecular weight excluding hydrogens is 294 g/mol. The van der Waals surface area contributed by atoms with Crippen molar-refractivity contribution < 1.29 is 9.47 Å². The van der Waals surface area contributed by atoms with Crippen LogP contribution in [-0.4, -0.2) is 19.9 Å². The van der Waals surface area contributed by atoms with Crippen LogP contribution in [-0.2, 0) is 6.42 Å². The summed E-state index contributed by atoms with van der Waals surface area (Å²) < 4.78 is 12.3. The molecule has 0 saturated carbocycles. The van der Waals surface area contributed by atoms with Gasteiger partial charge in [-0.1, -0.05) is 15.9 Å². The van der Waals surface area contributed by atoms with Gasteiger partial charge in [-0.2, -0.15) is 0 Å². The van der Waals surface area contributed by atoms with Crippen molar-refractivity contribution >= 4 is 15.9 Å². The zero-order chi connectivity index (χ0) is 12.5. The van der Waals surface area contributed by atoms with Crippen molar-refractivity contribution in [2.75, 3.05) is 19.9 Å². The van der Waals surface area contributed by atoms with E-state index in [4.69, 9.17) is 9.47 Å². The fraction of sp³-hybridized carbons (Fsp3) is 0.571. The van der Waals surface area contributed by atoms with Crippen LogP contribution in [0.2, 0.25) is 0 Å². The van der Waals surface area contributed by atoms with E-state index in [0.29, 0.717) is 6.79 Å². The van der Waals surface area contributed by atoms with Crippen molar-refractivity contribution in [3.05, 3.63) is 21.7 Å². The van der Waals surface area contributed by atoms with Gasteiger partial charge in [0.15, 0.2) is 11.5 Å². The van der Waals surface area contributed by atoms with Crippen molar-refractivity contribution in [2.45, 2.75) is 26.2 Å². The Kier molecular flexibility index (Phi) is 3.48. The molecule has 3 nitrogen and oxygen atoms in total. The van der Waals surface area contributed by atoms with Gasteiger partial charge >= 0.3 is 0 Å². The summed E-state index contributed by atoms with van der Waals surface area (Å²) in [5.74, 6) is 2.61. The zero-order valence-electron chi connectivity index (χ0n) is 10.6. The average Bonchev–Trinajstić information content (AvgIpc) is 2.84. The third-order valence-corrected chi connectivity index (χ3v) is 4.76. The summed E-state index contributed by atoms with van der Waals surface area (Å²) in [6.45, 7) is 4.78. The van der Waals surface area contributed by atoms with Crippen LogP contribution >= 0.6 is 15.9 Å². The molecule has 0 radical (unpaired) electrons. The molecule has 0 spiro atoms. The number of hydrogen-bond acceptors (Lipinski definition) is 3. The third-order valence-electron chi connectivity index (χ3n) is 3.94. The van der Waals surface area contributed by atoms with Gasteiger partial charge < -0.3 is 14.8 Å². The molecule has 0 atom stereocenters. The molecule has 0 unspecified atom stereocenters. The second-order valence-corrected chi connectivity index (χ2v) is 5.95. The zero-order valence-corrected chi connectivity index (χ0v) is 12.2. The number of halogens is 1. The molecule has 2 heterocycles. The molecule has 0 amide bonds. The number of ether oxygens (including phenoxy) is 2. The number of benzene rings is 1. The standard InChI is InChI=1S/C14H18BrNO2/c1-9-11(6-10-2-4-16-5-3-10)14-13(7-12(9)15)17-8-18-14/h7,10,16H,2-6,8H2,1H3. The molecule has 1 saturated heterocycles. The summed E-state index contributed by atoms with van der Waals surface area (Å²) in [5, 5.41) is 3.41. The normalized spacial score (nSPS) is 19.2. The van der Waals surface area contributed by atoms with Gasteiger partial charge in [0.2, 0.25) is 6.79 Å². The third kappa shape index (κ3) is 2.24. The van der Waals surface area contributed by atoms with Crippen LogP contribution in [0.25, 0.3) is 0 Å². The van der Waals surface area contributed by atoms with Crippen molar-refractivity contribution in [2.24, 2.45) is 5.92 Å². The first-order valence-corrected chi connectivity index (χ1v) is 7.33. The van der Waals surface area contributed by atoms with Gasteiger partial charge in [-0.15, -0.1) is 0 Å². The Morgan fingerprint density at radius 1 is 1.33 bits per heavy atom. The molecule has 1 fully saturated rings. The van der Waals surface area contributed by atoms with E-state index in [-0.39, 0.29) is 0 Å². The van der Waals surface area contributed by atoms with E-state index in [1.807, 2.05) is 6.07 Å². The van der Waals surface area contributed by atoms with Gasteiger partial charge in [-0.05, 0) is 56.8 Å². The first kappa shape index (κ1) is 12.3. The molecule has 0 bridgehead atoms. The summed E-state index contributed by atoms with van der Waals surface area (Å²) in [6, 6.07) is 2.02. The van der Waals surface area contributed by atoms with Gasteiger partial charge in [0.25, 0.3) is 0 Å². The van der Waals surface area contributed by atoms with Crippen LogP contribution in [0.15, 0.2) is 10.5 Å². The number of fused-ring (bicyclic) bond motifs is 1. The highest BCUT2D eigenvalue weighted by Crippen LogP contribution is 2.42. The van der Waals surface area contributed by atoms with Crippen LogP contribution in [0.3, 0.4) is 0 Å². The van der Waals surface area contributed by atoms with E-state index in [9.17, 15) is 0 Å². The van der Waals surface area contributed by atoms with Gasteiger partial charge in [0, 0.05) is 10.0 Å². The van der Waals surface area contributed by atoms with Crippen molar-refractivity contribution in [3.63, 3.8) is 0 Å². The smallest absolute Gasteiger partial charge is 0.231 e. The molecule has 98 valence electrons. The Morgan fingerprint density at radius 2 is 2.11 bits per heavy atom. The minimum Gasteiger partial charge on any atom is -0.454 e. The predicted molar refractivity (Wildman–Crippen MR) is 74.3 cm³/mol. The molecule has 0 aromatic heterocycles. The minimum atomic E-state index is 0.352. The largest absolute Gasteiger partial charge is 0.454 e. The van der Waals surface area contributed by atoms with Crippen molar-refractivity contribution in [3.8, 4) is 11.5 Å². The van der Waals surface area contributed by atoms with Gasteiger partial charge in [0.05, 0.1) is 0 Å². The van der Waals surface area contributed by atoms with E-state index >= 15 is 0 Å². The SMILES string of the molecule is Cc1c(Br)cc2c(c1CC1CCNCC1)OCO2. The van der Waals surface area contributed by atoms with E-state index in [1.165, 1.54) is 24.0 Å². The second-order valence-electron chi connectivity index (χ2n) is 5.09. The average molecular weight is 312 g/mol. The van der Waals surface area contributed by atoms with Gasteiger partial charge in [0.1, 0.15) is 0 Å². The lowest BCUT2D eigenvalue weighted by Crippen LogP contribution is -2.28. The molecule has 3 rings (SSSR count). The molecule has 1 aromatic rings. The first-order valence-electron chi connectivity index (χ1n) is 6.54. The highest BCUT2D eigenvalue weighted by molar-refractivity contribution is 9.10. The fourth-order valence-corrected chi connectivity index (χ4v) is 3.24. The lowest BCUT2D eigenvalue weighted by Gasteiger charge is -2.24. The number of rotatable bonds is 2. The Bertz CT molecular complexity index is 456. The van der Waals surface area contributed by atoms with Crippen LogP contribution in [0.5, 0.6) is 11.5 Å². The quantitative estimate of drug-likeness (QED) is 0.910. The Balaban J connectivity index is 1.90. The van der Waals surface area contributed by atoms with Gasteiger partial charge in [-0.3, -0.25) is 0 Å². The first-order chi connectivity index (χ1) is 8.75. The second kappa shape index (κ2) is 5.10. The van der Waals surface area contributed by atoms with Crippen molar-refractivity contribution in [1.82, 2.24) is 5.32 Å². The number of hydrogen-bond donors (Lipinski definition) is 1. The molecule has 2 aliphatic rings. The molecule has 1 aromatic carbocycles. The minimum absolute atomic E-state index is 0.352. The molecular formula is C14H18BrNO2. The maximum Gasteiger partial charge on any atom is 0.231 e. The summed E-state index contributed by atoms with van der Waals surface area (Å²) in [6.07, 6.45) is 3.60.